The minimum Gasteiger partial charge on any atom is -0.394 e. The Morgan fingerprint density at radius 2 is 1.58 bits per heavy atom. The zero-order chi connectivity index (χ0) is 34.7. The van der Waals surface area contributed by atoms with E-state index >= 15 is 4.39 Å². The summed E-state index contributed by atoms with van der Waals surface area (Å²) in [5, 5.41) is 41.4. The van der Waals surface area contributed by atoms with Crippen molar-refractivity contribution < 1.29 is 50.8 Å². The summed E-state index contributed by atoms with van der Waals surface area (Å²) in [7, 11) is 0. The summed E-state index contributed by atoms with van der Waals surface area (Å²) in [5.41, 5.74) is -2.53. The predicted octanol–water partition coefficient (Wildman–Crippen LogP) is 5.73. The van der Waals surface area contributed by atoms with E-state index in [2.05, 4.69) is 15.2 Å². The van der Waals surface area contributed by atoms with Crippen molar-refractivity contribution in [3.05, 3.63) is 106 Å². The van der Waals surface area contributed by atoms with Crippen LogP contribution >= 0.6 is 11.6 Å². The molecule has 1 saturated heterocycles. The first-order chi connectivity index (χ1) is 22.7. The van der Waals surface area contributed by atoms with Gasteiger partial charge in [0, 0.05) is 22.3 Å². The molecule has 1 aliphatic rings. The molecule has 3 N–H and O–H groups in total. The number of hydrogen-bond donors (Lipinski definition) is 3. The molecule has 1 fully saturated rings. The molecule has 2 unspecified atom stereocenters. The molecule has 6 rings (SSSR count). The summed E-state index contributed by atoms with van der Waals surface area (Å²) in [6, 6.07) is 7.64. The van der Waals surface area contributed by atoms with Gasteiger partial charge in [0.2, 0.25) is 0 Å². The summed E-state index contributed by atoms with van der Waals surface area (Å²) < 4.78 is 107. The Bertz CT molecular complexity index is 1980. The fourth-order valence-corrected chi connectivity index (χ4v) is 5.83. The highest BCUT2D eigenvalue weighted by molar-refractivity contribution is 6.30. The molecule has 0 spiro atoms. The molecule has 17 heteroatoms. The molecule has 0 radical (unpaired) electrons. The minimum atomic E-state index is -4.87. The van der Waals surface area contributed by atoms with Gasteiger partial charge >= 0.3 is 6.18 Å². The van der Waals surface area contributed by atoms with Gasteiger partial charge in [-0.2, -0.15) is 23.4 Å². The summed E-state index contributed by atoms with van der Waals surface area (Å²) in [6.07, 6.45) is -10.6. The molecule has 252 valence electrons. The highest BCUT2D eigenvalue weighted by Gasteiger charge is 2.49. The molecule has 48 heavy (non-hydrogen) atoms. The third-order valence-electron chi connectivity index (χ3n) is 7.84. The van der Waals surface area contributed by atoms with Crippen LogP contribution in [0.25, 0.3) is 28.1 Å². The van der Waals surface area contributed by atoms with E-state index < -0.39 is 77.8 Å². The van der Waals surface area contributed by atoms with E-state index in [4.69, 9.17) is 16.3 Å². The van der Waals surface area contributed by atoms with Crippen LogP contribution in [-0.4, -0.2) is 64.8 Å². The van der Waals surface area contributed by atoms with Crippen LogP contribution in [0.2, 0.25) is 5.02 Å². The molecule has 1 aliphatic heterocycles. The Kier molecular flexibility index (Phi) is 8.80. The Labute approximate surface area is 271 Å². The van der Waals surface area contributed by atoms with E-state index in [9.17, 15) is 41.7 Å². The van der Waals surface area contributed by atoms with E-state index in [0.717, 1.165) is 39.8 Å². The highest BCUT2D eigenvalue weighted by atomic mass is 35.5. The van der Waals surface area contributed by atoms with Crippen LogP contribution in [0, 0.1) is 30.2 Å². The molecule has 9 nitrogen and oxygen atoms in total. The van der Waals surface area contributed by atoms with E-state index in [1.165, 1.54) is 25.1 Å². The Morgan fingerprint density at radius 3 is 2.23 bits per heavy atom. The van der Waals surface area contributed by atoms with Crippen molar-refractivity contribution in [2.45, 2.75) is 43.6 Å². The molecule has 0 saturated carbocycles. The molecule has 5 aromatic rings. The van der Waals surface area contributed by atoms with Crippen molar-refractivity contribution in [2.75, 3.05) is 6.61 Å². The molecule has 2 aromatic heterocycles. The monoisotopic (exact) mass is 697 g/mol. The minimum absolute atomic E-state index is 0.0410. The SMILES string of the molecule is Cc1nc([C@@H]2OC(CO)[C@H](O)C(n3cc(-c4cc(F)c(F)c(F)c4)c(-c4ccccc4F)n3)[C@@H]2O)n(-c2cc(Cl)ccc2C(F)(F)F)n1. The van der Waals surface area contributed by atoms with Crippen molar-refractivity contribution in [2.24, 2.45) is 0 Å². The number of benzene rings is 3. The van der Waals surface area contributed by atoms with Gasteiger partial charge in [0.15, 0.2) is 23.3 Å². The number of rotatable bonds is 6. The summed E-state index contributed by atoms with van der Waals surface area (Å²) in [5.74, 6) is -6.09. The zero-order valence-corrected chi connectivity index (χ0v) is 25.1. The number of ether oxygens (including phenoxy) is 1. The van der Waals surface area contributed by atoms with Crippen LogP contribution < -0.4 is 0 Å². The Balaban J connectivity index is 1.52. The summed E-state index contributed by atoms with van der Waals surface area (Å²) in [6.45, 7) is 0.506. The van der Waals surface area contributed by atoms with Crippen molar-refractivity contribution in [3.63, 3.8) is 0 Å². The van der Waals surface area contributed by atoms with Crippen LogP contribution in [0.15, 0.2) is 60.8 Å². The lowest BCUT2D eigenvalue weighted by Crippen LogP contribution is -2.53. The van der Waals surface area contributed by atoms with E-state index in [1.807, 2.05) is 0 Å². The lowest BCUT2D eigenvalue weighted by molar-refractivity contribution is -0.210. The third kappa shape index (κ3) is 5.94. The van der Waals surface area contributed by atoms with Crippen LogP contribution in [0.5, 0.6) is 0 Å². The molecule has 0 aliphatic carbocycles. The lowest BCUT2D eigenvalue weighted by Gasteiger charge is -2.42. The first-order valence-electron chi connectivity index (χ1n) is 14.1. The number of halogens is 8. The Hall–Kier alpha value is -4.35. The first kappa shape index (κ1) is 33.5. The standard InChI is InChI=1S/C31H23ClF7N5O4/c1-13-40-30(44(41-13)22-10-15(32)6-7-18(22)31(37,38)39)29-28(47)26(27(46)23(12-45)48-29)43-11-17(14-8-20(34)24(36)21(35)9-14)25(42-43)16-4-2-3-5-19(16)33/h2-11,23,26-29,45-47H,12H2,1H3/t23?,26?,27-,28-,29+/m0/s1. The molecular formula is C31H23ClF7N5O4. The van der Waals surface area contributed by atoms with Gasteiger partial charge in [0.25, 0.3) is 0 Å². The highest BCUT2D eigenvalue weighted by Crippen LogP contribution is 2.42. The molecule has 0 amide bonds. The number of aromatic nitrogens is 5. The van der Waals surface area contributed by atoms with Gasteiger partial charge < -0.3 is 20.1 Å². The second-order valence-corrected chi connectivity index (χ2v) is 11.4. The Morgan fingerprint density at radius 1 is 0.896 bits per heavy atom. The van der Waals surface area contributed by atoms with Gasteiger partial charge in [0.1, 0.15) is 47.8 Å². The number of hydrogen-bond acceptors (Lipinski definition) is 7. The van der Waals surface area contributed by atoms with E-state index in [0.29, 0.717) is 12.1 Å². The van der Waals surface area contributed by atoms with E-state index in [-0.39, 0.29) is 39.1 Å². The number of aliphatic hydroxyl groups is 3. The average Bonchev–Trinajstić information content (AvgIpc) is 3.63. The van der Waals surface area contributed by atoms with Gasteiger partial charge in [-0.15, -0.1) is 0 Å². The maximum absolute atomic E-state index is 15.0. The molecule has 5 atom stereocenters. The second-order valence-electron chi connectivity index (χ2n) is 10.9. The van der Waals surface area contributed by atoms with Crippen LogP contribution in [-0.2, 0) is 10.9 Å². The number of alkyl halides is 3. The van der Waals surface area contributed by atoms with Crippen LogP contribution in [0.1, 0.15) is 29.4 Å². The predicted molar refractivity (Wildman–Crippen MR) is 155 cm³/mol. The molecule has 3 heterocycles. The van der Waals surface area contributed by atoms with Crippen molar-refractivity contribution in [1.29, 1.82) is 0 Å². The van der Waals surface area contributed by atoms with Crippen molar-refractivity contribution in [3.8, 4) is 28.1 Å². The summed E-state index contributed by atoms with van der Waals surface area (Å²) >= 11 is 6.03. The normalized spacial score (nSPS) is 21.5. The largest absolute Gasteiger partial charge is 0.418 e. The fraction of sp³-hybridized carbons (Fsp3) is 0.258. The topological polar surface area (TPSA) is 118 Å². The van der Waals surface area contributed by atoms with Crippen LogP contribution in [0.3, 0.4) is 0 Å². The quantitative estimate of drug-likeness (QED) is 0.153. The average molecular weight is 698 g/mol. The van der Waals surface area contributed by atoms with Crippen molar-refractivity contribution in [1.82, 2.24) is 24.5 Å². The van der Waals surface area contributed by atoms with Gasteiger partial charge in [0.05, 0.1) is 17.9 Å². The van der Waals surface area contributed by atoms with Gasteiger partial charge in [-0.05, 0) is 55.0 Å². The number of aryl methyl sites for hydroxylation is 1. The number of aliphatic hydroxyl groups excluding tert-OH is 3. The number of nitrogens with zero attached hydrogens (tertiary/aromatic N) is 5. The third-order valence-corrected chi connectivity index (χ3v) is 8.07. The zero-order valence-electron chi connectivity index (χ0n) is 24.4. The first-order valence-corrected chi connectivity index (χ1v) is 14.5. The molecule has 3 aromatic carbocycles. The lowest BCUT2D eigenvalue weighted by atomic mass is 9.92. The fourth-order valence-electron chi connectivity index (χ4n) is 5.66. The van der Waals surface area contributed by atoms with Gasteiger partial charge in [-0.1, -0.05) is 23.7 Å². The summed E-state index contributed by atoms with van der Waals surface area (Å²) in [4.78, 5) is 4.19. The molecule has 0 bridgehead atoms. The maximum atomic E-state index is 15.0. The second kappa shape index (κ2) is 12.6. The van der Waals surface area contributed by atoms with E-state index in [1.54, 1.807) is 0 Å². The smallest absolute Gasteiger partial charge is 0.394 e. The van der Waals surface area contributed by atoms with Gasteiger partial charge in [-0.25, -0.2) is 27.2 Å². The van der Waals surface area contributed by atoms with Crippen molar-refractivity contribution >= 4 is 11.6 Å². The van der Waals surface area contributed by atoms with Gasteiger partial charge in [-0.3, -0.25) is 4.68 Å². The molecular weight excluding hydrogens is 675 g/mol. The maximum Gasteiger partial charge on any atom is 0.418 e. The van der Waals surface area contributed by atoms with Crippen LogP contribution in [0.4, 0.5) is 30.7 Å².